The third-order valence-corrected chi connectivity index (χ3v) is 3.54. The Kier molecular flexibility index (Phi) is 2.94. The summed E-state index contributed by atoms with van der Waals surface area (Å²) in [6.07, 6.45) is 0. The number of nitrogens with zero attached hydrogens (tertiary/aromatic N) is 2. The largest absolute Gasteiger partial charge is 0.477 e. The smallest absolute Gasteiger partial charge is 0.353 e. The second kappa shape index (κ2) is 5.10. The zero-order valence-electron chi connectivity index (χ0n) is 11.9. The van der Waals surface area contributed by atoms with Crippen LogP contribution < -0.4 is 0 Å². The fourth-order valence-corrected chi connectivity index (χ4v) is 2.45. The zero-order valence-corrected chi connectivity index (χ0v) is 11.9. The number of carboxylic acid groups (broad SMARTS) is 1. The SMILES string of the molecule is O=C(O)c1cc(-c2ccccc2-c2nc3ccccc3o2)n[nH]1. The highest BCUT2D eigenvalue weighted by Gasteiger charge is 2.16. The maximum absolute atomic E-state index is 11.0. The van der Waals surface area contributed by atoms with E-state index in [9.17, 15) is 4.79 Å². The number of hydrogen-bond acceptors (Lipinski definition) is 4. The van der Waals surface area contributed by atoms with Crippen LogP contribution in [0.5, 0.6) is 0 Å². The number of aromatic carboxylic acids is 1. The summed E-state index contributed by atoms with van der Waals surface area (Å²) in [4.78, 5) is 15.5. The van der Waals surface area contributed by atoms with Gasteiger partial charge in [0.2, 0.25) is 5.89 Å². The summed E-state index contributed by atoms with van der Waals surface area (Å²) in [7, 11) is 0. The average molecular weight is 305 g/mol. The quantitative estimate of drug-likeness (QED) is 0.603. The Morgan fingerprint density at radius 3 is 2.52 bits per heavy atom. The average Bonchev–Trinajstić information content (AvgIpc) is 3.22. The monoisotopic (exact) mass is 305 g/mol. The lowest BCUT2D eigenvalue weighted by Gasteiger charge is -2.02. The van der Waals surface area contributed by atoms with E-state index in [4.69, 9.17) is 9.52 Å². The van der Waals surface area contributed by atoms with Gasteiger partial charge in [0.05, 0.1) is 5.69 Å². The minimum Gasteiger partial charge on any atom is -0.477 e. The number of benzene rings is 2. The van der Waals surface area contributed by atoms with Crippen molar-refractivity contribution < 1.29 is 14.3 Å². The number of aromatic amines is 1. The summed E-state index contributed by atoms with van der Waals surface area (Å²) >= 11 is 0. The molecule has 0 atom stereocenters. The molecule has 6 nitrogen and oxygen atoms in total. The van der Waals surface area contributed by atoms with Crippen molar-refractivity contribution in [1.29, 1.82) is 0 Å². The molecule has 23 heavy (non-hydrogen) atoms. The molecule has 0 saturated heterocycles. The number of fused-ring (bicyclic) bond motifs is 1. The second-order valence-electron chi connectivity index (χ2n) is 5.00. The summed E-state index contributed by atoms with van der Waals surface area (Å²) in [5.41, 5.74) is 3.54. The van der Waals surface area contributed by atoms with E-state index < -0.39 is 5.97 Å². The molecule has 0 aliphatic carbocycles. The van der Waals surface area contributed by atoms with Crippen molar-refractivity contribution in [2.24, 2.45) is 0 Å². The van der Waals surface area contributed by atoms with Crippen LogP contribution in [0, 0.1) is 0 Å². The molecule has 0 saturated carbocycles. The van der Waals surface area contributed by atoms with Gasteiger partial charge in [0.15, 0.2) is 5.58 Å². The van der Waals surface area contributed by atoms with Gasteiger partial charge in [-0.3, -0.25) is 5.10 Å². The normalized spacial score (nSPS) is 11.0. The molecule has 4 aromatic rings. The molecule has 0 unspecified atom stereocenters. The van der Waals surface area contributed by atoms with E-state index in [-0.39, 0.29) is 5.69 Å². The van der Waals surface area contributed by atoms with Crippen LogP contribution in [0.1, 0.15) is 10.5 Å². The minimum absolute atomic E-state index is 0.0346. The summed E-state index contributed by atoms with van der Waals surface area (Å²) in [5.74, 6) is -0.579. The van der Waals surface area contributed by atoms with Crippen molar-refractivity contribution in [2.75, 3.05) is 0 Å². The lowest BCUT2D eigenvalue weighted by molar-refractivity contribution is 0.0690. The van der Waals surface area contributed by atoms with Gasteiger partial charge in [0, 0.05) is 11.1 Å². The van der Waals surface area contributed by atoms with Gasteiger partial charge in [-0.15, -0.1) is 0 Å². The Morgan fingerprint density at radius 2 is 1.78 bits per heavy atom. The molecule has 6 heteroatoms. The van der Waals surface area contributed by atoms with Crippen LogP contribution in [0.25, 0.3) is 33.8 Å². The predicted molar refractivity (Wildman–Crippen MR) is 84.0 cm³/mol. The molecule has 2 aromatic heterocycles. The summed E-state index contributed by atoms with van der Waals surface area (Å²) < 4.78 is 5.81. The molecular formula is C17H11N3O3. The van der Waals surface area contributed by atoms with E-state index >= 15 is 0 Å². The number of hydrogen-bond donors (Lipinski definition) is 2. The highest BCUT2D eigenvalue weighted by molar-refractivity contribution is 5.88. The van der Waals surface area contributed by atoms with Crippen molar-refractivity contribution in [3.63, 3.8) is 0 Å². The van der Waals surface area contributed by atoms with Crippen LogP contribution in [0.4, 0.5) is 0 Å². The van der Waals surface area contributed by atoms with Gasteiger partial charge < -0.3 is 9.52 Å². The Hall–Kier alpha value is -3.41. The van der Waals surface area contributed by atoms with Gasteiger partial charge in [0.25, 0.3) is 0 Å². The fraction of sp³-hybridized carbons (Fsp3) is 0. The first-order valence-corrected chi connectivity index (χ1v) is 6.96. The summed E-state index contributed by atoms with van der Waals surface area (Å²) in [6, 6.07) is 16.5. The third-order valence-electron chi connectivity index (χ3n) is 3.54. The minimum atomic E-state index is -1.05. The van der Waals surface area contributed by atoms with Gasteiger partial charge in [-0.25, -0.2) is 9.78 Å². The standard InChI is InChI=1S/C17H11N3O3/c21-17(22)14-9-13(19-20-14)10-5-1-2-6-11(10)16-18-12-7-3-4-8-15(12)23-16/h1-9H,(H,19,20)(H,21,22). The molecule has 0 aliphatic heterocycles. The van der Waals surface area contributed by atoms with Crippen LogP contribution in [0.2, 0.25) is 0 Å². The van der Waals surface area contributed by atoms with Crippen molar-refractivity contribution >= 4 is 17.1 Å². The molecule has 112 valence electrons. The van der Waals surface area contributed by atoms with E-state index in [2.05, 4.69) is 15.2 Å². The highest BCUT2D eigenvalue weighted by atomic mass is 16.4. The maximum Gasteiger partial charge on any atom is 0.353 e. The first kappa shape index (κ1) is 13.3. The van der Waals surface area contributed by atoms with E-state index in [1.807, 2.05) is 48.5 Å². The molecule has 2 heterocycles. The van der Waals surface area contributed by atoms with Gasteiger partial charge >= 0.3 is 5.97 Å². The summed E-state index contributed by atoms with van der Waals surface area (Å²) in [5, 5.41) is 15.6. The highest BCUT2D eigenvalue weighted by Crippen LogP contribution is 2.32. The maximum atomic E-state index is 11.0. The zero-order chi connectivity index (χ0) is 15.8. The first-order valence-electron chi connectivity index (χ1n) is 6.96. The number of carboxylic acids is 1. The van der Waals surface area contributed by atoms with Gasteiger partial charge in [0.1, 0.15) is 11.2 Å². The third kappa shape index (κ3) is 2.26. The molecule has 0 amide bonds. The Labute approximate surface area is 130 Å². The lowest BCUT2D eigenvalue weighted by atomic mass is 10.0. The number of aromatic nitrogens is 3. The van der Waals surface area contributed by atoms with Crippen molar-refractivity contribution in [2.45, 2.75) is 0 Å². The molecule has 0 spiro atoms. The van der Waals surface area contributed by atoms with Crippen LogP contribution in [0.3, 0.4) is 0 Å². The van der Waals surface area contributed by atoms with E-state index in [1.54, 1.807) is 0 Å². The lowest BCUT2D eigenvalue weighted by Crippen LogP contribution is -1.95. The number of H-pyrrole nitrogens is 1. The van der Waals surface area contributed by atoms with Gasteiger partial charge in [-0.1, -0.05) is 30.3 Å². The van der Waals surface area contributed by atoms with Crippen LogP contribution >= 0.6 is 0 Å². The van der Waals surface area contributed by atoms with Crippen molar-refractivity contribution in [3.8, 4) is 22.7 Å². The van der Waals surface area contributed by atoms with E-state index in [1.165, 1.54) is 6.07 Å². The number of nitrogens with one attached hydrogen (secondary N) is 1. The number of carbonyl (C=O) groups is 1. The number of oxazole rings is 1. The Morgan fingerprint density at radius 1 is 1.04 bits per heavy atom. The van der Waals surface area contributed by atoms with Crippen LogP contribution in [0.15, 0.2) is 59.0 Å². The topological polar surface area (TPSA) is 92.0 Å². The van der Waals surface area contributed by atoms with Gasteiger partial charge in [-0.2, -0.15) is 5.10 Å². The summed E-state index contributed by atoms with van der Waals surface area (Å²) in [6.45, 7) is 0. The molecule has 0 aliphatic rings. The van der Waals surface area contributed by atoms with Crippen molar-refractivity contribution in [3.05, 3.63) is 60.3 Å². The Bertz CT molecular complexity index is 984. The molecule has 2 N–H and O–H groups in total. The first-order chi connectivity index (χ1) is 11.2. The molecule has 4 rings (SSSR count). The molecule has 2 aromatic carbocycles. The van der Waals surface area contributed by atoms with Crippen molar-refractivity contribution in [1.82, 2.24) is 15.2 Å². The second-order valence-corrected chi connectivity index (χ2v) is 5.00. The molecule has 0 fully saturated rings. The van der Waals surface area contributed by atoms with E-state index in [0.29, 0.717) is 17.2 Å². The molecule has 0 bridgehead atoms. The van der Waals surface area contributed by atoms with Crippen LogP contribution in [-0.2, 0) is 0 Å². The predicted octanol–water partition coefficient (Wildman–Crippen LogP) is 3.58. The number of para-hydroxylation sites is 2. The molecule has 0 radical (unpaired) electrons. The molecular weight excluding hydrogens is 294 g/mol. The van der Waals surface area contributed by atoms with Gasteiger partial charge in [-0.05, 0) is 24.3 Å². The van der Waals surface area contributed by atoms with Crippen LogP contribution in [-0.4, -0.2) is 26.3 Å². The fourth-order valence-electron chi connectivity index (χ4n) is 2.45. The van der Waals surface area contributed by atoms with E-state index in [0.717, 1.165) is 16.6 Å². The Balaban J connectivity index is 1.87. The number of rotatable bonds is 3.